The largest absolute Gasteiger partial charge is 0.404 e. The topological polar surface area (TPSA) is 95.7 Å². The molecule has 0 aliphatic carbocycles. The lowest BCUT2D eigenvalue weighted by Gasteiger charge is -2.22. The highest BCUT2D eigenvalue weighted by molar-refractivity contribution is 7.81. The number of nitrogens with two attached hydrogens (primary N) is 1. The number of primary amides is 1. The predicted octanol–water partition coefficient (Wildman–Crippen LogP) is 6.07. The van der Waals surface area contributed by atoms with Gasteiger partial charge in [-0.15, -0.1) is 0 Å². The number of unbranched alkanes of at least 4 members (excludes halogenated alkanes) is 14. The Bertz CT molecular complexity index is 533. The Balaban J connectivity index is 0. The first-order valence-electron chi connectivity index (χ1n) is 13.2. The molecule has 0 bridgehead atoms. The van der Waals surface area contributed by atoms with Crippen LogP contribution >= 0.6 is 0 Å². The van der Waals surface area contributed by atoms with Crippen molar-refractivity contribution in [2.45, 2.75) is 123 Å². The van der Waals surface area contributed by atoms with E-state index in [9.17, 15) is 13.2 Å². The van der Waals surface area contributed by atoms with Gasteiger partial charge < -0.3 is 10.2 Å². The molecule has 0 radical (unpaired) electrons. The molecule has 0 aliphatic rings. The van der Waals surface area contributed by atoms with Crippen molar-refractivity contribution in [2.24, 2.45) is 5.73 Å². The fraction of sp³-hybridized carbons (Fsp3) is 0.960. The summed E-state index contributed by atoms with van der Waals surface area (Å²) in [6, 6.07) is 0. The summed E-state index contributed by atoms with van der Waals surface area (Å²) in [7, 11) is 1.69. The molecule has 0 aromatic heterocycles. The molecule has 200 valence electrons. The molecule has 0 saturated carbocycles. The predicted molar refractivity (Wildman–Crippen MR) is 138 cm³/mol. The Kier molecular flexibility index (Phi) is 24.1. The van der Waals surface area contributed by atoms with E-state index in [2.05, 4.69) is 15.3 Å². The second-order valence-corrected chi connectivity index (χ2v) is 11.2. The summed E-state index contributed by atoms with van der Waals surface area (Å²) in [4.78, 5) is 10.6. The summed E-state index contributed by atoms with van der Waals surface area (Å²) in [5.74, 6) is -0.153. The van der Waals surface area contributed by atoms with Gasteiger partial charge in [-0.05, 0) is 12.8 Å². The minimum atomic E-state index is -3.79. The Morgan fingerprint density at radius 2 is 1.06 bits per heavy atom. The molecule has 1 amide bonds. The zero-order valence-corrected chi connectivity index (χ0v) is 23.2. The highest BCUT2D eigenvalue weighted by Gasteiger charge is 2.17. The van der Waals surface area contributed by atoms with Crippen LogP contribution in [0.2, 0.25) is 0 Å². The number of hydrogen-bond acceptors (Lipinski definition) is 5. The lowest BCUT2D eigenvalue weighted by atomic mass is 10.0. The third kappa shape index (κ3) is 33.6. The molecule has 0 saturated heterocycles. The Hall–Kier alpha value is -0.700. The van der Waals surface area contributed by atoms with Gasteiger partial charge >= 0.3 is 10.4 Å². The smallest absolute Gasteiger partial charge is 0.370 e. The maximum atomic E-state index is 11.0. The van der Waals surface area contributed by atoms with Crippen LogP contribution in [0.4, 0.5) is 0 Å². The summed E-state index contributed by atoms with van der Waals surface area (Å²) >= 11 is 0. The van der Waals surface area contributed by atoms with Gasteiger partial charge in [0.05, 0.1) is 27.7 Å². The zero-order chi connectivity index (χ0) is 25.4. The molecule has 0 atom stereocenters. The average molecular weight is 496 g/mol. The number of amides is 1. The highest BCUT2D eigenvalue weighted by atomic mass is 32.3. The number of rotatable bonds is 22. The van der Waals surface area contributed by atoms with E-state index in [0.29, 0.717) is 17.3 Å². The number of nitrogens with zero attached hydrogens (tertiary/aromatic N) is 1. The molecule has 8 heteroatoms. The normalized spacial score (nSPS) is 11.8. The third-order valence-corrected chi connectivity index (χ3v) is 5.89. The second-order valence-electron chi connectivity index (χ2n) is 9.93. The van der Waals surface area contributed by atoms with Crippen molar-refractivity contribution in [1.29, 1.82) is 0 Å². The molecule has 0 spiro atoms. The fourth-order valence-corrected chi connectivity index (χ4v) is 4.00. The summed E-state index contributed by atoms with van der Waals surface area (Å²) < 4.78 is 31.5. The van der Waals surface area contributed by atoms with Crippen molar-refractivity contribution in [3.63, 3.8) is 0 Å². The van der Waals surface area contributed by atoms with Gasteiger partial charge in [-0.3, -0.25) is 4.79 Å². The number of quaternary nitrogens is 1. The van der Waals surface area contributed by atoms with Gasteiger partial charge in [0.25, 0.3) is 0 Å². The van der Waals surface area contributed by atoms with E-state index in [1.807, 2.05) is 28.1 Å². The number of carbonyl (C=O) groups excluding carboxylic acids is 1. The molecule has 0 unspecified atom stereocenters. The third-order valence-electron chi connectivity index (χ3n) is 5.04. The molecular formula is C25H55N2O5S+. The van der Waals surface area contributed by atoms with Crippen LogP contribution in [0.25, 0.3) is 0 Å². The maximum absolute atomic E-state index is 11.0. The van der Waals surface area contributed by atoms with Crippen LogP contribution in [0.15, 0.2) is 0 Å². The van der Waals surface area contributed by atoms with Crippen LogP contribution in [0, 0.1) is 0 Å². The van der Waals surface area contributed by atoms with E-state index in [1.165, 1.54) is 89.9 Å². The fourth-order valence-electron chi connectivity index (χ4n) is 3.11. The van der Waals surface area contributed by atoms with Crippen LogP contribution in [-0.2, 0) is 23.6 Å². The second kappa shape index (κ2) is 23.1. The molecule has 0 aromatic rings. The lowest BCUT2D eigenvalue weighted by molar-refractivity contribution is -0.886. The minimum Gasteiger partial charge on any atom is -0.370 e. The zero-order valence-electron chi connectivity index (χ0n) is 22.4. The molecule has 0 aliphatic heterocycles. The summed E-state index contributed by atoms with van der Waals surface area (Å²) in [6.45, 7) is 4.35. The van der Waals surface area contributed by atoms with E-state index in [0.717, 1.165) is 6.42 Å². The van der Waals surface area contributed by atoms with Crippen LogP contribution in [-0.4, -0.2) is 53.3 Å². The lowest BCUT2D eigenvalue weighted by Crippen LogP contribution is -2.38. The SMILES string of the molecule is CCCCCCCCCCCCCCCCCC(N)=O.CCCOS(=O)(=O)OC[N+](C)(C)C. The average Bonchev–Trinajstić information content (AvgIpc) is 2.73. The van der Waals surface area contributed by atoms with Gasteiger partial charge in [0, 0.05) is 6.42 Å². The first-order chi connectivity index (χ1) is 15.5. The van der Waals surface area contributed by atoms with Gasteiger partial charge in [0.2, 0.25) is 12.6 Å². The maximum Gasteiger partial charge on any atom is 0.404 e. The van der Waals surface area contributed by atoms with Crippen molar-refractivity contribution < 1.29 is 26.1 Å². The molecule has 0 rings (SSSR count). The standard InChI is InChI=1S/C18H37NO.C7H18NO4S/c1-2-3-4-5-6-7-8-9-10-11-12-13-14-15-16-17-18(19)20;1-5-6-11-13(9,10)12-7-8(2,3)4/h2-17H2,1H3,(H2,19,20);5-7H2,1-4H3/q;+1. The Labute approximate surface area is 205 Å². The van der Waals surface area contributed by atoms with E-state index in [-0.39, 0.29) is 19.2 Å². The van der Waals surface area contributed by atoms with Gasteiger partial charge in [-0.25, -0.2) is 4.18 Å². The molecule has 2 N–H and O–H groups in total. The number of hydrogen-bond donors (Lipinski definition) is 1. The van der Waals surface area contributed by atoms with E-state index in [4.69, 9.17) is 5.73 Å². The van der Waals surface area contributed by atoms with Crippen molar-refractivity contribution >= 4 is 16.3 Å². The van der Waals surface area contributed by atoms with Crippen LogP contribution < -0.4 is 5.73 Å². The summed E-state index contributed by atoms with van der Waals surface area (Å²) in [5.41, 5.74) is 5.11. The van der Waals surface area contributed by atoms with Gasteiger partial charge in [0.15, 0.2) is 0 Å². The quantitative estimate of drug-likeness (QED) is 0.112. The highest BCUT2D eigenvalue weighted by Crippen LogP contribution is 2.13. The molecule has 0 fully saturated rings. The van der Waals surface area contributed by atoms with Gasteiger partial charge in [-0.2, -0.15) is 12.6 Å². The van der Waals surface area contributed by atoms with E-state index >= 15 is 0 Å². The van der Waals surface area contributed by atoms with Crippen LogP contribution in [0.3, 0.4) is 0 Å². The summed E-state index contributed by atoms with van der Waals surface area (Å²) in [5, 5.41) is 0. The van der Waals surface area contributed by atoms with Crippen molar-refractivity contribution in [2.75, 3.05) is 34.5 Å². The molecule has 33 heavy (non-hydrogen) atoms. The minimum absolute atomic E-state index is 0.0754. The van der Waals surface area contributed by atoms with Gasteiger partial charge in [0.1, 0.15) is 0 Å². The van der Waals surface area contributed by atoms with E-state index < -0.39 is 10.4 Å². The monoisotopic (exact) mass is 495 g/mol. The van der Waals surface area contributed by atoms with Gasteiger partial charge in [-0.1, -0.05) is 104 Å². The van der Waals surface area contributed by atoms with Crippen LogP contribution in [0.1, 0.15) is 123 Å². The van der Waals surface area contributed by atoms with Crippen molar-refractivity contribution in [3.05, 3.63) is 0 Å². The van der Waals surface area contributed by atoms with Crippen molar-refractivity contribution in [1.82, 2.24) is 0 Å². The van der Waals surface area contributed by atoms with E-state index in [1.54, 1.807) is 0 Å². The molecular weight excluding hydrogens is 440 g/mol. The Morgan fingerprint density at radius 3 is 1.39 bits per heavy atom. The first kappa shape index (κ1) is 34.5. The van der Waals surface area contributed by atoms with Crippen molar-refractivity contribution in [3.8, 4) is 0 Å². The number of carbonyl (C=O) groups is 1. The van der Waals surface area contributed by atoms with Crippen LogP contribution in [0.5, 0.6) is 0 Å². The molecule has 7 nitrogen and oxygen atoms in total. The molecule has 0 aromatic carbocycles. The summed E-state index contributed by atoms with van der Waals surface area (Å²) in [6.07, 6.45) is 21.5. The molecule has 0 heterocycles. The Morgan fingerprint density at radius 1 is 0.667 bits per heavy atom. The first-order valence-corrected chi connectivity index (χ1v) is 14.5.